The number of aromatic amines is 1. The molecule has 2 atom stereocenters. The highest BCUT2D eigenvalue weighted by molar-refractivity contribution is 5.94. The molecule has 6 nitrogen and oxygen atoms in total. The number of nitrogens with zero attached hydrogens (tertiary/aromatic N) is 3. The maximum Gasteiger partial charge on any atom is 0.274 e. The summed E-state index contributed by atoms with van der Waals surface area (Å²) in [7, 11) is 0. The smallest absolute Gasteiger partial charge is 0.274 e. The van der Waals surface area contributed by atoms with Gasteiger partial charge in [-0.05, 0) is 59.0 Å². The first-order valence-electron chi connectivity index (χ1n) is 10.3. The molecule has 0 aromatic carbocycles. The molecule has 0 spiro atoms. The van der Waals surface area contributed by atoms with Gasteiger partial charge in [-0.25, -0.2) is 0 Å². The minimum Gasteiger partial charge on any atom is -0.369 e. The normalized spacial score (nSPS) is 29.0. The van der Waals surface area contributed by atoms with Gasteiger partial charge in [0, 0.05) is 30.6 Å². The van der Waals surface area contributed by atoms with Gasteiger partial charge < -0.3 is 9.64 Å². The standard InChI is InChI=1S/C20H32N4O2/c1-4-20(24-9-5-6-10-24)7-11-23(12-8-20)19(25)18-16-13-14(2)26-15(3)17(16)21-22-18/h14-15H,4-13H2,1-3H3,(H,21,22)/t14-,15+/m0/s1. The highest BCUT2D eigenvalue weighted by atomic mass is 16.5. The minimum atomic E-state index is -0.0212. The van der Waals surface area contributed by atoms with Crippen LogP contribution in [0.4, 0.5) is 0 Å². The van der Waals surface area contributed by atoms with Crippen LogP contribution in [-0.2, 0) is 11.2 Å². The van der Waals surface area contributed by atoms with Gasteiger partial charge in [0.05, 0.1) is 17.9 Å². The Labute approximate surface area is 156 Å². The quantitative estimate of drug-likeness (QED) is 0.900. The molecule has 3 aliphatic rings. The zero-order valence-electron chi connectivity index (χ0n) is 16.4. The Kier molecular flexibility index (Phi) is 4.82. The van der Waals surface area contributed by atoms with Crippen LogP contribution in [0.1, 0.15) is 80.7 Å². The third-order valence-corrected chi connectivity index (χ3v) is 6.85. The van der Waals surface area contributed by atoms with Crippen molar-refractivity contribution in [1.82, 2.24) is 20.0 Å². The summed E-state index contributed by atoms with van der Waals surface area (Å²) < 4.78 is 5.85. The van der Waals surface area contributed by atoms with Crippen LogP contribution in [0.25, 0.3) is 0 Å². The fraction of sp³-hybridized carbons (Fsp3) is 0.800. The summed E-state index contributed by atoms with van der Waals surface area (Å²) in [5, 5.41) is 7.44. The fourth-order valence-electron chi connectivity index (χ4n) is 5.21. The Morgan fingerprint density at radius 3 is 2.58 bits per heavy atom. The molecule has 4 heterocycles. The largest absolute Gasteiger partial charge is 0.369 e. The molecule has 3 aliphatic heterocycles. The predicted octanol–water partition coefficient (Wildman–Crippen LogP) is 2.91. The molecule has 0 aliphatic carbocycles. The lowest BCUT2D eigenvalue weighted by Crippen LogP contribution is -2.55. The van der Waals surface area contributed by atoms with E-state index < -0.39 is 0 Å². The van der Waals surface area contributed by atoms with Gasteiger partial charge in [-0.3, -0.25) is 14.8 Å². The fourth-order valence-corrected chi connectivity index (χ4v) is 5.21. The maximum atomic E-state index is 13.2. The van der Waals surface area contributed by atoms with Gasteiger partial charge in [0.25, 0.3) is 5.91 Å². The van der Waals surface area contributed by atoms with Crippen LogP contribution in [0.15, 0.2) is 0 Å². The Morgan fingerprint density at radius 2 is 1.92 bits per heavy atom. The Morgan fingerprint density at radius 1 is 1.23 bits per heavy atom. The molecule has 0 radical (unpaired) electrons. The number of hydrogen-bond donors (Lipinski definition) is 1. The summed E-state index contributed by atoms with van der Waals surface area (Å²) in [5.41, 5.74) is 2.96. The summed E-state index contributed by atoms with van der Waals surface area (Å²) >= 11 is 0. The first-order valence-corrected chi connectivity index (χ1v) is 10.3. The van der Waals surface area contributed by atoms with E-state index in [1.807, 2.05) is 11.8 Å². The Hall–Kier alpha value is -1.40. The van der Waals surface area contributed by atoms with E-state index in [-0.39, 0.29) is 18.1 Å². The topological polar surface area (TPSA) is 61.5 Å². The van der Waals surface area contributed by atoms with E-state index >= 15 is 0 Å². The number of likely N-dealkylation sites (tertiary alicyclic amines) is 2. The first kappa shape index (κ1) is 18.0. The summed E-state index contributed by atoms with van der Waals surface area (Å²) in [6, 6.07) is 0. The third-order valence-electron chi connectivity index (χ3n) is 6.85. The van der Waals surface area contributed by atoms with E-state index in [4.69, 9.17) is 4.74 Å². The van der Waals surface area contributed by atoms with E-state index in [0.29, 0.717) is 11.2 Å². The molecule has 1 aromatic heterocycles. The van der Waals surface area contributed by atoms with Gasteiger partial charge in [-0.15, -0.1) is 0 Å². The number of ether oxygens (including phenoxy) is 1. The number of H-pyrrole nitrogens is 1. The van der Waals surface area contributed by atoms with Gasteiger partial charge >= 0.3 is 0 Å². The van der Waals surface area contributed by atoms with Crippen molar-refractivity contribution in [3.05, 3.63) is 17.0 Å². The monoisotopic (exact) mass is 360 g/mol. The molecule has 4 rings (SSSR count). The van der Waals surface area contributed by atoms with E-state index in [9.17, 15) is 4.79 Å². The van der Waals surface area contributed by atoms with E-state index in [0.717, 1.165) is 43.6 Å². The second kappa shape index (κ2) is 6.97. The SMILES string of the molecule is CCC1(N2CCCC2)CCN(C(=O)c2n[nH]c3c2C[C@H](C)O[C@@H]3C)CC1. The number of nitrogens with one attached hydrogen (secondary N) is 1. The second-order valence-electron chi connectivity index (χ2n) is 8.32. The van der Waals surface area contributed by atoms with Crippen LogP contribution in [0, 0.1) is 0 Å². The number of rotatable bonds is 3. The molecule has 1 N–H and O–H groups in total. The van der Waals surface area contributed by atoms with E-state index in [1.165, 1.54) is 32.4 Å². The molecular weight excluding hydrogens is 328 g/mol. The lowest BCUT2D eigenvalue weighted by Gasteiger charge is -2.47. The van der Waals surface area contributed by atoms with Crippen LogP contribution in [-0.4, -0.2) is 63.7 Å². The van der Waals surface area contributed by atoms with Crippen LogP contribution in [0.2, 0.25) is 0 Å². The van der Waals surface area contributed by atoms with Gasteiger partial charge in [-0.2, -0.15) is 5.10 Å². The number of hydrogen-bond acceptors (Lipinski definition) is 4. The Bertz CT molecular complexity index is 657. The van der Waals surface area contributed by atoms with Crippen molar-refractivity contribution in [2.24, 2.45) is 0 Å². The highest BCUT2D eigenvalue weighted by Crippen LogP contribution is 2.36. The van der Waals surface area contributed by atoms with Crippen molar-refractivity contribution in [2.75, 3.05) is 26.2 Å². The average Bonchev–Trinajstić information content (AvgIpc) is 3.31. The van der Waals surface area contributed by atoms with Crippen molar-refractivity contribution in [1.29, 1.82) is 0 Å². The van der Waals surface area contributed by atoms with Gasteiger partial charge in [0.1, 0.15) is 0 Å². The lowest BCUT2D eigenvalue weighted by atomic mass is 9.83. The summed E-state index contributed by atoms with van der Waals surface area (Å²) in [5.74, 6) is 0.0925. The van der Waals surface area contributed by atoms with Gasteiger partial charge in [-0.1, -0.05) is 6.92 Å². The number of fused-ring (bicyclic) bond motifs is 1. The minimum absolute atomic E-state index is 0.0212. The number of aromatic nitrogens is 2. The van der Waals surface area contributed by atoms with Gasteiger partial charge in [0.15, 0.2) is 5.69 Å². The van der Waals surface area contributed by atoms with Crippen LogP contribution in [0.5, 0.6) is 0 Å². The molecule has 1 aromatic rings. The maximum absolute atomic E-state index is 13.2. The molecule has 2 fully saturated rings. The molecule has 144 valence electrons. The molecule has 1 amide bonds. The summed E-state index contributed by atoms with van der Waals surface area (Å²) in [6.45, 7) is 10.5. The van der Waals surface area contributed by atoms with Crippen molar-refractivity contribution >= 4 is 5.91 Å². The molecule has 26 heavy (non-hydrogen) atoms. The predicted molar refractivity (Wildman–Crippen MR) is 100 cm³/mol. The Balaban J connectivity index is 1.48. The third kappa shape index (κ3) is 2.97. The van der Waals surface area contributed by atoms with Crippen molar-refractivity contribution in [3.8, 4) is 0 Å². The zero-order valence-corrected chi connectivity index (χ0v) is 16.4. The molecule has 0 saturated carbocycles. The molecule has 0 bridgehead atoms. The first-order chi connectivity index (χ1) is 12.5. The van der Waals surface area contributed by atoms with Crippen LogP contribution < -0.4 is 0 Å². The molecule has 2 saturated heterocycles. The lowest BCUT2D eigenvalue weighted by molar-refractivity contribution is -0.00708. The summed E-state index contributed by atoms with van der Waals surface area (Å²) in [4.78, 5) is 17.9. The van der Waals surface area contributed by atoms with E-state index in [1.54, 1.807) is 0 Å². The summed E-state index contributed by atoms with van der Waals surface area (Å²) in [6.07, 6.45) is 6.86. The van der Waals surface area contributed by atoms with Crippen molar-refractivity contribution in [2.45, 2.75) is 77.0 Å². The van der Waals surface area contributed by atoms with Crippen LogP contribution in [0.3, 0.4) is 0 Å². The van der Waals surface area contributed by atoms with Crippen LogP contribution >= 0.6 is 0 Å². The number of amides is 1. The average molecular weight is 361 g/mol. The highest BCUT2D eigenvalue weighted by Gasteiger charge is 2.41. The number of carbonyl (C=O) groups is 1. The number of carbonyl (C=O) groups excluding carboxylic acids is 1. The zero-order chi connectivity index (χ0) is 18.3. The van der Waals surface area contributed by atoms with Crippen molar-refractivity contribution in [3.63, 3.8) is 0 Å². The molecular formula is C20H32N4O2. The van der Waals surface area contributed by atoms with Crippen molar-refractivity contribution < 1.29 is 9.53 Å². The molecule has 6 heteroatoms. The van der Waals surface area contributed by atoms with Gasteiger partial charge in [0.2, 0.25) is 0 Å². The second-order valence-corrected chi connectivity index (χ2v) is 8.32. The number of piperidine rings is 1. The van der Waals surface area contributed by atoms with E-state index in [2.05, 4.69) is 28.9 Å². The molecule has 0 unspecified atom stereocenters.